The molecule has 1 aromatic heterocycles. The lowest BCUT2D eigenvalue weighted by molar-refractivity contribution is -0.160. The van der Waals surface area contributed by atoms with Crippen LogP contribution in [0, 0.1) is 11.8 Å². The molecule has 13 nitrogen and oxygen atoms in total. The summed E-state index contributed by atoms with van der Waals surface area (Å²) in [7, 11) is 0. The number of nitrogens with zero attached hydrogens (tertiary/aromatic N) is 5. The number of allylic oxidation sites excluding steroid dienone is 1. The van der Waals surface area contributed by atoms with Gasteiger partial charge in [-0.1, -0.05) is 75.8 Å². The number of halogens is 1. The Morgan fingerprint density at radius 2 is 1.90 bits per heavy atom. The maximum absolute atomic E-state index is 14.8. The predicted molar refractivity (Wildman–Crippen MR) is 191 cm³/mol. The molecule has 14 heteroatoms. The van der Waals surface area contributed by atoms with Crippen molar-refractivity contribution in [1.29, 1.82) is 0 Å². The Morgan fingerprint density at radius 1 is 1.14 bits per heavy atom. The molecule has 3 saturated heterocycles. The van der Waals surface area contributed by atoms with Crippen LogP contribution in [-0.2, 0) is 35.3 Å². The number of fused-ring (bicyclic) bond motifs is 2. The Kier molecular flexibility index (Phi) is 11.3. The molecule has 0 radical (unpaired) electrons. The largest absolute Gasteiger partial charge is 0.455 e. The number of benzene rings is 2. The standard InChI is InChI=1S/C37H43BrN6O7/c1-3-5-17-29(46)39-22-28(24-13-7-6-8-14-24)50-36(49)30-31-34(47)43(19-11-12-20-45)33(37(31)21-25(38)32(30)51-37)35(48)42(18-4-2)23-44-27-16-10-9-15-26(27)40-41-44/h3-4,6-10,13-16,25,28,30-33,45H,1-2,5,11-12,17-23H2,(H,39,46)/t25?,28-,30+,31-,32+,33+,37-/m1/s1. The van der Waals surface area contributed by atoms with Gasteiger partial charge in [0.2, 0.25) is 17.7 Å². The van der Waals surface area contributed by atoms with Gasteiger partial charge in [-0.2, -0.15) is 0 Å². The molecule has 270 valence electrons. The predicted octanol–water partition coefficient (Wildman–Crippen LogP) is 3.29. The Hall–Kier alpha value is -4.40. The number of amides is 3. The van der Waals surface area contributed by atoms with Gasteiger partial charge in [-0.25, -0.2) is 4.68 Å². The van der Waals surface area contributed by atoms with Crippen LogP contribution in [0.3, 0.4) is 0 Å². The van der Waals surface area contributed by atoms with E-state index in [4.69, 9.17) is 9.47 Å². The van der Waals surface area contributed by atoms with E-state index in [1.807, 2.05) is 54.6 Å². The van der Waals surface area contributed by atoms with Crippen molar-refractivity contribution in [1.82, 2.24) is 30.1 Å². The van der Waals surface area contributed by atoms with E-state index in [2.05, 4.69) is 44.7 Å². The van der Waals surface area contributed by atoms with Gasteiger partial charge in [-0.15, -0.1) is 18.3 Å². The van der Waals surface area contributed by atoms with Crippen molar-refractivity contribution in [3.63, 3.8) is 0 Å². The van der Waals surface area contributed by atoms with E-state index in [1.54, 1.807) is 21.7 Å². The van der Waals surface area contributed by atoms with Crippen LogP contribution in [0.5, 0.6) is 0 Å². The van der Waals surface area contributed by atoms with Gasteiger partial charge >= 0.3 is 5.97 Å². The lowest BCUT2D eigenvalue weighted by Gasteiger charge is -2.37. The number of unbranched alkanes of at least 4 members (excludes halogenated alkanes) is 1. The van der Waals surface area contributed by atoms with Gasteiger partial charge in [0.1, 0.15) is 29.9 Å². The Balaban J connectivity index is 1.31. The topological polar surface area (TPSA) is 156 Å². The van der Waals surface area contributed by atoms with Crippen LogP contribution in [0.25, 0.3) is 11.0 Å². The van der Waals surface area contributed by atoms with Gasteiger partial charge < -0.3 is 29.7 Å². The zero-order valence-corrected chi connectivity index (χ0v) is 29.9. The number of rotatable bonds is 17. The summed E-state index contributed by atoms with van der Waals surface area (Å²) in [5.74, 6) is -3.57. The summed E-state index contributed by atoms with van der Waals surface area (Å²) in [6, 6.07) is 15.5. The van der Waals surface area contributed by atoms with Crippen molar-refractivity contribution in [3.05, 3.63) is 85.5 Å². The minimum Gasteiger partial charge on any atom is -0.455 e. The molecule has 3 aromatic rings. The summed E-state index contributed by atoms with van der Waals surface area (Å²) < 4.78 is 14.5. The van der Waals surface area contributed by atoms with Crippen molar-refractivity contribution in [2.75, 3.05) is 26.2 Å². The maximum Gasteiger partial charge on any atom is 0.313 e. The smallest absolute Gasteiger partial charge is 0.313 e. The fourth-order valence-electron chi connectivity index (χ4n) is 7.68. The van der Waals surface area contributed by atoms with E-state index in [9.17, 15) is 24.3 Å². The molecule has 6 rings (SSSR count). The normalized spacial score (nSPS) is 25.4. The maximum atomic E-state index is 14.8. The third kappa shape index (κ3) is 7.09. The number of aliphatic hydroxyl groups excluding tert-OH is 1. The summed E-state index contributed by atoms with van der Waals surface area (Å²) in [6.45, 7) is 7.89. The molecule has 3 fully saturated rings. The van der Waals surface area contributed by atoms with Crippen LogP contribution in [-0.4, -0.2) is 102 Å². The number of likely N-dealkylation sites (tertiary alicyclic amines) is 1. The summed E-state index contributed by atoms with van der Waals surface area (Å²) >= 11 is 3.72. The van der Waals surface area contributed by atoms with E-state index in [1.165, 1.54) is 4.90 Å². The van der Waals surface area contributed by atoms with Gasteiger partial charge in [0.05, 0.1) is 30.0 Å². The number of aliphatic hydroxyl groups is 1. The molecule has 0 aliphatic carbocycles. The summed E-state index contributed by atoms with van der Waals surface area (Å²) in [6.07, 6.45) is 3.66. The van der Waals surface area contributed by atoms with Crippen molar-refractivity contribution in [3.8, 4) is 0 Å². The Labute approximate surface area is 304 Å². The molecule has 1 spiro atoms. The number of para-hydroxylation sites is 1. The first-order chi connectivity index (χ1) is 24.7. The minimum atomic E-state index is -1.32. The van der Waals surface area contributed by atoms with Gasteiger partial charge in [-0.3, -0.25) is 19.2 Å². The van der Waals surface area contributed by atoms with Crippen LogP contribution in [0.15, 0.2) is 79.9 Å². The first-order valence-corrected chi connectivity index (χ1v) is 18.2. The van der Waals surface area contributed by atoms with E-state index >= 15 is 0 Å². The second kappa shape index (κ2) is 15.9. The third-order valence-electron chi connectivity index (χ3n) is 9.98. The van der Waals surface area contributed by atoms with Crippen LogP contribution < -0.4 is 5.32 Å². The molecule has 3 amide bonds. The number of hydrogen-bond donors (Lipinski definition) is 2. The molecular formula is C37H43BrN6O7. The second-order valence-corrected chi connectivity index (χ2v) is 14.3. The van der Waals surface area contributed by atoms with Crippen molar-refractivity contribution < 1.29 is 33.8 Å². The Morgan fingerprint density at radius 3 is 2.65 bits per heavy atom. The number of carbonyl (C=O) groups is 4. The van der Waals surface area contributed by atoms with E-state index in [0.29, 0.717) is 36.8 Å². The van der Waals surface area contributed by atoms with E-state index < -0.39 is 41.7 Å². The molecule has 2 bridgehead atoms. The molecule has 2 aromatic carbocycles. The summed E-state index contributed by atoms with van der Waals surface area (Å²) in [5.41, 5.74) is 0.779. The number of nitrogens with one attached hydrogen (secondary N) is 1. The van der Waals surface area contributed by atoms with Crippen LogP contribution >= 0.6 is 15.9 Å². The van der Waals surface area contributed by atoms with Crippen molar-refractivity contribution in [2.45, 2.75) is 67.5 Å². The number of alkyl halides is 1. The van der Waals surface area contributed by atoms with E-state index in [-0.39, 0.29) is 61.9 Å². The molecular weight excluding hydrogens is 720 g/mol. The SMILES string of the molecule is C=CCCC(=O)NC[C@@H](OC(=O)[C@@H]1[C@H]2O[C@@]3(CC2Br)[C@H](C(=O)N(CC=C)Cn2nnc4ccccc42)N(CCCCO)C(=O)[C@@H]13)c1ccccc1. The van der Waals surface area contributed by atoms with Gasteiger partial charge in [0.25, 0.3) is 0 Å². The quantitative estimate of drug-likeness (QED) is 0.0913. The van der Waals surface area contributed by atoms with Crippen molar-refractivity contribution in [2.24, 2.45) is 11.8 Å². The highest BCUT2D eigenvalue weighted by atomic mass is 79.9. The third-order valence-corrected chi connectivity index (χ3v) is 10.8. The molecule has 3 aliphatic heterocycles. The number of carbonyl (C=O) groups excluding carboxylic acids is 4. The minimum absolute atomic E-state index is 0.0351. The van der Waals surface area contributed by atoms with Gasteiger partial charge in [-0.05, 0) is 43.4 Å². The first kappa shape index (κ1) is 36.4. The van der Waals surface area contributed by atoms with E-state index in [0.717, 1.165) is 5.52 Å². The fraction of sp³-hybridized carbons (Fsp3) is 0.459. The summed E-state index contributed by atoms with van der Waals surface area (Å²) in [5, 5.41) is 20.9. The number of hydrogen-bond acceptors (Lipinski definition) is 9. The number of esters is 1. The number of ether oxygens (including phenoxy) is 2. The highest BCUT2D eigenvalue weighted by molar-refractivity contribution is 9.09. The van der Waals surface area contributed by atoms with Crippen LogP contribution in [0.1, 0.15) is 43.8 Å². The zero-order chi connectivity index (χ0) is 36.1. The highest BCUT2D eigenvalue weighted by Gasteiger charge is 2.77. The van der Waals surface area contributed by atoms with Crippen molar-refractivity contribution >= 4 is 50.7 Å². The van der Waals surface area contributed by atoms with Crippen LogP contribution in [0.2, 0.25) is 0 Å². The first-order valence-electron chi connectivity index (χ1n) is 17.3. The molecule has 1 unspecified atom stereocenters. The molecule has 3 aliphatic rings. The molecule has 4 heterocycles. The molecule has 2 N–H and O–H groups in total. The monoisotopic (exact) mass is 762 g/mol. The van der Waals surface area contributed by atoms with Crippen LogP contribution in [0.4, 0.5) is 0 Å². The molecule has 51 heavy (non-hydrogen) atoms. The molecule has 7 atom stereocenters. The second-order valence-electron chi connectivity index (χ2n) is 13.2. The van der Waals surface area contributed by atoms with Gasteiger partial charge in [0, 0.05) is 30.9 Å². The Bertz CT molecular complexity index is 1770. The lowest BCUT2D eigenvalue weighted by atomic mass is 9.70. The average Bonchev–Trinajstić information content (AvgIpc) is 3.86. The summed E-state index contributed by atoms with van der Waals surface area (Å²) in [4.78, 5) is 58.9. The number of aromatic nitrogens is 3. The average molecular weight is 764 g/mol. The lowest BCUT2D eigenvalue weighted by Crippen LogP contribution is -2.57. The fourth-order valence-corrected chi connectivity index (χ4v) is 8.63. The highest BCUT2D eigenvalue weighted by Crippen LogP contribution is 2.60. The molecule has 0 saturated carbocycles. The zero-order valence-electron chi connectivity index (χ0n) is 28.3. The van der Waals surface area contributed by atoms with Gasteiger partial charge in [0.15, 0.2) is 0 Å².